The summed E-state index contributed by atoms with van der Waals surface area (Å²) in [4.78, 5) is 43.4. The van der Waals surface area contributed by atoms with Gasteiger partial charge in [-0.05, 0) is 49.8 Å². The van der Waals surface area contributed by atoms with Crippen molar-refractivity contribution in [3.05, 3.63) is 68.7 Å². The lowest BCUT2D eigenvalue weighted by Gasteiger charge is -2.18. The number of hydrogen-bond donors (Lipinski definition) is 2. The second kappa shape index (κ2) is 8.53. The number of rotatable bonds is 5. The molecule has 0 bridgehead atoms. The van der Waals surface area contributed by atoms with Gasteiger partial charge in [-0.2, -0.15) is 5.10 Å². The smallest absolute Gasteiger partial charge is 0.264 e. The number of carbonyl (C=O) groups excluding carboxylic acids is 2. The Bertz CT molecular complexity index is 1480. The van der Waals surface area contributed by atoms with E-state index in [0.717, 1.165) is 41.0 Å². The summed E-state index contributed by atoms with van der Waals surface area (Å²) in [5.41, 5.74) is 8.92. The lowest BCUT2D eigenvalue weighted by Crippen LogP contribution is -2.28. The van der Waals surface area contributed by atoms with E-state index in [4.69, 9.17) is 5.73 Å². The van der Waals surface area contributed by atoms with Crippen LogP contribution >= 0.6 is 11.3 Å². The van der Waals surface area contributed by atoms with Gasteiger partial charge in [0.05, 0.1) is 17.4 Å². The summed E-state index contributed by atoms with van der Waals surface area (Å²) >= 11 is 1.39. The molecule has 0 aliphatic heterocycles. The van der Waals surface area contributed by atoms with E-state index in [9.17, 15) is 14.4 Å². The zero-order valence-electron chi connectivity index (χ0n) is 18.9. The summed E-state index contributed by atoms with van der Waals surface area (Å²) in [6.45, 7) is 3.92. The van der Waals surface area contributed by atoms with Crippen molar-refractivity contribution < 1.29 is 9.59 Å². The number of benzene rings is 1. The van der Waals surface area contributed by atoms with Crippen LogP contribution in [0.25, 0.3) is 16.7 Å². The molecular formula is C24H24N6O3S. The predicted molar refractivity (Wildman–Crippen MR) is 131 cm³/mol. The van der Waals surface area contributed by atoms with Gasteiger partial charge in [0.15, 0.2) is 5.65 Å². The van der Waals surface area contributed by atoms with Crippen LogP contribution in [0.5, 0.6) is 0 Å². The molecule has 1 unspecified atom stereocenters. The molecule has 0 saturated carbocycles. The SMILES string of the molecule is Cc1ccc(-n2ncc3c(=O)n(CC(=O)Nc4sc5c(c4C(N)=O)CCC(C)C5)cnc32)cc1. The Hall–Kier alpha value is -3.79. The first kappa shape index (κ1) is 22.0. The van der Waals surface area contributed by atoms with Gasteiger partial charge in [0.2, 0.25) is 5.91 Å². The van der Waals surface area contributed by atoms with Gasteiger partial charge >= 0.3 is 0 Å². The van der Waals surface area contributed by atoms with Gasteiger partial charge in [0.1, 0.15) is 23.3 Å². The minimum atomic E-state index is -0.550. The fourth-order valence-electron chi connectivity index (χ4n) is 4.36. The van der Waals surface area contributed by atoms with E-state index < -0.39 is 11.8 Å². The summed E-state index contributed by atoms with van der Waals surface area (Å²) < 4.78 is 2.83. The summed E-state index contributed by atoms with van der Waals surface area (Å²) in [5.74, 6) is -0.456. The van der Waals surface area contributed by atoms with Crippen molar-refractivity contribution >= 4 is 39.2 Å². The number of aromatic nitrogens is 4. The van der Waals surface area contributed by atoms with E-state index in [0.29, 0.717) is 27.5 Å². The zero-order valence-corrected chi connectivity index (χ0v) is 19.7. The Morgan fingerprint density at radius 1 is 1.26 bits per heavy atom. The van der Waals surface area contributed by atoms with Gasteiger partial charge < -0.3 is 11.1 Å². The van der Waals surface area contributed by atoms with E-state index >= 15 is 0 Å². The molecule has 10 heteroatoms. The van der Waals surface area contributed by atoms with Crippen molar-refractivity contribution in [3.8, 4) is 5.69 Å². The second-order valence-corrected chi connectivity index (χ2v) is 9.88. The lowest BCUT2D eigenvalue weighted by molar-refractivity contribution is -0.116. The number of thiophene rings is 1. The van der Waals surface area contributed by atoms with Gasteiger partial charge in [-0.3, -0.25) is 19.0 Å². The largest absolute Gasteiger partial charge is 0.365 e. The minimum Gasteiger partial charge on any atom is -0.365 e. The molecule has 9 nitrogen and oxygen atoms in total. The highest BCUT2D eigenvalue weighted by molar-refractivity contribution is 7.17. The van der Waals surface area contributed by atoms with Gasteiger partial charge in [-0.25, -0.2) is 9.67 Å². The summed E-state index contributed by atoms with van der Waals surface area (Å²) in [6, 6.07) is 7.72. The molecule has 34 heavy (non-hydrogen) atoms. The minimum absolute atomic E-state index is 0.241. The maximum absolute atomic E-state index is 13.0. The van der Waals surface area contributed by atoms with Crippen LogP contribution in [0.15, 0.2) is 41.6 Å². The quantitative estimate of drug-likeness (QED) is 0.458. The molecule has 3 aromatic heterocycles. The average Bonchev–Trinajstić information content (AvgIpc) is 3.37. The number of amides is 2. The van der Waals surface area contributed by atoms with Crippen LogP contribution in [0.1, 0.15) is 39.7 Å². The Morgan fingerprint density at radius 3 is 2.76 bits per heavy atom. The third-order valence-corrected chi connectivity index (χ3v) is 7.33. The van der Waals surface area contributed by atoms with Gasteiger partial charge in [0.25, 0.3) is 11.5 Å². The van der Waals surface area contributed by atoms with Crippen molar-refractivity contribution in [2.45, 2.75) is 39.7 Å². The summed E-state index contributed by atoms with van der Waals surface area (Å²) in [6.07, 6.45) is 5.41. The van der Waals surface area contributed by atoms with E-state index in [1.165, 1.54) is 28.4 Å². The number of primary amides is 1. The van der Waals surface area contributed by atoms with E-state index in [-0.39, 0.29) is 12.1 Å². The van der Waals surface area contributed by atoms with Crippen molar-refractivity contribution in [3.63, 3.8) is 0 Å². The topological polar surface area (TPSA) is 125 Å². The summed E-state index contributed by atoms with van der Waals surface area (Å²) in [5, 5.41) is 7.87. The molecule has 0 radical (unpaired) electrons. The van der Waals surface area contributed by atoms with Gasteiger partial charge in [0, 0.05) is 4.88 Å². The number of hydrogen-bond acceptors (Lipinski definition) is 6. The Labute approximate surface area is 199 Å². The maximum atomic E-state index is 13.0. The standard InChI is InChI=1S/C24H24N6O3S/c1-13-3-6-15(7-4-13)30-22-17(10-27-30)24(33)29(12-26-22)11-19(31)28-23-20(21(25)32)16-8-5-14(2)9-18(16)34-23/h3-4,6-7,10,12,14H,5,8-9,11H2,1-2H3,(H2,25,32)(H,28,31). The van der Waals surface area contributed by atoms with E-state index in [1.807, 2.05) is 31.2 Å². The molecule has 1 aromatic carbocycles. The number of fused-ring (bicyclic) bond motifs is 2. The molecule has 174 valence electrons. The lowest BCUT2D eigenvalue weighted by atomic mass is 9.88. The molecular weight excluding hydrogens is 452 g/mol. The first-order valence-electron chi connectivity index (χ1n) is 11.1. The molecule has 4 aromatic rings. The number of nitrogens with one attached hydrogen (secondary N) is 1. The monoisotopic (exact) mass is 476 g/mol. The molecule has 1 aliphatic rings. The highest BCUT2D eigenvalue weighted by Gasteiger charge is 2.27. The molecule has 1 aliphatic carbocycles. The van der Waals surface area contributed by atoms with Gasteiger partial charge in [-0.15, -0.1) is 11.3 Å². The van der Waals surface area contributed by atoms with Crippen LogP contribution in [0.4, 0.5) is 5.00 Å². The summed E-state index contributed by atoms with van der Waals surface area (Å²) in [7, 11) is 0. The zero-order chi connectivity index (χ0) is 24.0. The third kappa shape index (κ3) is 3.90. The number of aryl methyl sites for hydroxylation is 1. The molecule has 5 rings (SSSR count). The number of carbonyl (C=O) groups is 2. The highest BCUT2D eigenvalue weighted by atomic mass is 32.1. The van der Waals surface area contributed by atoms with Crippen molar-refractivity contribution in [2.24, 2.45) is 11.7 Å². The van der Waals surface area contributed by atoms with E-state index in [2.05, 4.69) is 22.3 Å². The maximum Gasteiger partial charge on any atom is 0.264 e. The fraction of sp³-hybridized carbons (Fsp3) is 0.292. The fourth-order valence-corrected chi connectivity index (χ4v) is 5.79. The van der Waals surface area contributed by atoms with Crippen LogP contribution < -0.4 is 16.6 Å². The second-order valence-electron chi connectivity index (χ2n) is 8.78. The average molecular weight is 477 g/mol. The molecule has 3 N–H and O–H groups in total. The Morgan fingerprint density at radius 2 is 2.03 bits per heavy atom. The van der Waals surface area contributed by atoms with Crippen molar-refractivity contribution in [2.75, 3.05) is 5.32 Å². The van der Waals surface area contributed by atoms with Crippen LogP contribution in [0.2, 0.25) is 0 Å². The first-order valence-corrected chi connectivity index (χ1v) is 11.9. The molecule has 0 saturated heterocycles. The molecule has 1 atom stereocenters. The number of nitrogens with zero attached hydrogens (tertiary/aromatic N) is 4. The predicted octanol–water partition coefficient (Wildman–Crippen LogP) is 2.81. The highest BCUT2D eigenvalue weighted by Crippen LogP contribution is 2.39. The van der Waals surface area contributed by atoms with Crippen molar-refractivity contribution in [1.82, 2.24) is 19.3 Å². The van der Waals surface area contributed by atoms with Crippen LogP contribution in [0.3, 0.4) is 0 Å². The van der Waals surface area contributed by atoms with Crippen LogP contribution in [-0.4, -0.2) is 31.1 Å². The Kier molecular flexibility index (Phi) is 5.52. The van der Waals surface area contributed by atoms with Crippen molar-refractivity contribution in [1.29, 1.82) is 0 Å². The normalized spacial score (nSPS) is 15.3. The molecule has 3 heterocycles. The van der Waals surface area contributed by atoms with Crippen LogP contribution in [0, 0.1) is 12.8 Å². The van der Waals surface area contributed by atoms with Gasteiger partial charge in [-0.1, -0.05) is 24.6 Å². The molecule has 0 fully saturated rings. The van der Waals surface area contributed by atoms with E-state index in [1.54, 1.807) is 4.68 Å². The van der Waals surface area contributed by atoms with Crippen LogP contribution in [-0.2, 0) is 24.2 Å². The molecule has 2 amide bonds. The number of nitrogens with two attached hydrogens (primary N) is 1. The molecule has 0 spiro atoms. The number of anilines is 1. The third-order valence-electron chi connectivity index (χ3n) is 6.16. The first-order chi connectivity index (χ1) is 16.3. The Balaban J connectivity index is 1.40.